The maximum absolute atomic E-state index is 12.0. The van der Waals surface area contributed by atoms with Crippen LogP contribution in [0.1, 0.15) is 13.3 Å². The molecule has 0 amide bonds. The SMILES string of the molecule is CCC(CO)NS(=O)(=O)c1cc(Cl)ccc1Cl. The Morgan fingerprint density at radius 1 is 1.41 bits per heavy atom. The van der Waals surface area contributed by atoms with Crippen molar-refractivity contribution in [1.29, 1.82) is 0 Å². The number of rotatable bonds is 5. The zero-order valence-electron chi connectivity index (χ0n) is 9.15. The molecule has 0 aliphatic rings. The number of nitrogens with one attached hydrogen (secondary N) is 1. The Hall–Kier alpha value is -0.330. The van der Waals surface area contributed by atoms with Crippen molar-refractivity contribution in [2.75, 3.05) is 6.61 Å². The van der Waals surface area contributed by atoms with E-state index in [1.807, 2.05) is 0 Å². The van der Waals surface area contributed by atoms with Gasteiger partial charge in [-0.3, -0.25) is 0 Å². The number of sulfonamides is 1. The minimum absolute atomic E-state index is 0.0847. The van der Waals surface area contributed by atoms with Gasteiger partial charge >= 0.3 is 0 Å². The van der Waals surface area contributed by atoms with Crippen LogP contribution in [-0.2, 0) is 10.0 Å². The molecule has 0 saturated carbocycles. The standard InChI is InChI=1S/C10H13Cl2NO3S/c1-2-8(6-14)13-17(15,16)10-5-7(11)3-4-9(10)12/h3-5,8,13-14H,2,6H2,1H3. The van der Waals surface area contributed by atoms with E-state index in [-0.39, 0.29) is 21.5 Å². The first-order valence-corrected chi connectivity index (χ1v) is 7.23. The van der Waals surface area contributed by atoms with E-state index in [1.165, 1.54) is 18.2 Å². The number of hydrogen-bond donors (Lipinski definition) is 2. The summed E-state index contributed by atoms with van der Waals surface area (Å²) in [5, 5.41) is 9.35. The molecule has 0 aromatic heterocycles. The maximum atomic E-state index is 12.0. The monoisotopic (exact) mass is 297 g/mol. The molecule has 1 rings (SSSR count). The van der Waals surface area contributed by atoms with Crippen molar-refractivity contribution in [1.82, 2.24) is 4.72 Å². The molecular formula is C10H13Cl2NO3S. The highest BCUT2D eigenvalue weighted by Gasteiger charge is 2.21. The van der Waals surface area contributed by atoms with Crippen LogP contribution in [0.15, 0.2) is 23.1 Å². The van der Waals surface area contributed by atoms with Gasteiger partial charge in [-0.05, 0) is 24.6 Å². The normalized spacial score (nSPS) is 13.6. The van der Waals surface area contributed by atoms with Crippen LogP contribution in [-0.4, -0.2) is 26.2 Å². The fourth-order valence-electron chi connectivity index (χ4n) is 1.22. The van der Waals surface area contributed by atoms with Gasteiger partial charge in [-0.1, -0.05) is 30.1 Å². The summed E-state index contributed by atoms with van der Waals surface area (Å²) in [4.78, 5) is -0.0847. The molecule has 4 nitrogen and oxygen atoms in total. The number of benzene rings is 1. The van der Waals surface area contributed by atoms with Gasteiger partial charge in [-0.2, -0.15) is 0 Å². The topological polar surface area (TPSA) is 66.4 Å². The van der Waals surface area contributed by atoms with E-state index in [0.717, 1.165) is 0 Å². The third-order valence-electron chi connectivity index (χ3n) is 2.22. The van der Waals surface area contributed by atoms with Gasteiger partial charge < -0.3 is 5.11 Å². The molecule has 0 bridgehead atoms. The second kappa shape index (κ2) is 6.02. The quantitative estimate of drug-likeness (QED) is 0.874. The average Bonchev–Trinajstić information content (AvgIpc) is 2.29. The predicted octanol–water partition coefficient (Wildman–Crippen LogP) is 2.04. The van der Waals surface area contributed by atoms with Crippen molar-refractivity contribution in [3.63, 3.8) is 0 Å². The van der Waals surface area contributed by atoms with Crippen LogP contribution in [0.25, 0.3) is 0 Å². The molecule has 17 heavy (non-hydrogen) atoms. The molecule has 0 aliphatic heterocycles. The lowest BCUT2D eigenvalue weighted by Crippen LogP contribution is -2.37. The largest absolute Gasteiger partial charge is 0.395 e. The van der Waals surface area contributed by atoms with Gasteiger partial charge in [0, 0.05) is 11.1 Å². The highest BCUT2D eigenvalue weighted by molar-refractivity contribution is 7.89. The van der Waals surface area contributed by atoms with E-state index in [9.17, 15) is 8.42 Å². The number of hydrogen-bond acceptors (Lipinski definition) is 3. The minimum Gasteiger partial charge on any atom is -0.395 e. The molecule has 2 N–H and O–H groups in total. The third kappa shape index (κ3) is 3.82. The second-order valence-corrected chi connectivity index (χ2v) is 6.01. The molecule has 7 heteroatoms. The first kappa shape index (κ1) is 14.7. The van der Waals surface area contributed by atoms with Crippen molar-refractivity contribution in [2.45, 2.75) is 24.3 Å². The number of halogens is 2. The van der Waals surface area contributed by atoms with Crippen molar-refractivity contribution >= 4 is 33.2 Å². The van der Waals surface area contributed by atoms with Crippen LogP contribution in [0.4, 0.5) is 0 Å². The molecule has 0 radical (unpaired) electrons. The van der Waals surface area contributed by atoms with Gasteiger partial charge in [-0.25, -0.2) is 13.1 Å². The molecule has 1 unspecified atom stereocenters. The maximum Gasteiger partial charge on any atom is 0.242 e. The van der Waals surface area contributed by atoms with Gasteiger partial charge in [0.2, 0.25) is 10.0 Å². The van der Waals surface area contributed by atoms with Crippen LogP contribution >= 0.6 is 23.2 Å². The highest BCUT2D eigenvalue weighted by atomic mass is 35.5. The van der Waals surface area contributed by atoms with Crippen molar-refractivity contribution in [2.24, 2.45) is 0 Å². The first-order valence-electron chi connectivity index (χ1n) is 4.99. The summed E-state index contributed by atoms with van der Waals surface area (Å²) in [6, 6.07) is 3.66. The highest BCUT2D eigenvalue weighted by Crippen LogP contribution is 2.25. The van der Waals surface area contributed by atoms with E-state index in [2.05, 4.69) is 4.72 Å². The zero-order valence-corrected chi connectivity index (χ0v) is 11.5. The van der Waals surface area contributed by atoms with Gasteiger partial charge in [0.15, 0.2) is 0 Å². The van der Waals surface area contributed by atoms with Crippen molar-refractivity contribution < 1.29 is 13.5 Å². The van der Waals surface area contributed by atoms with Gasteiger partial charge in [0.05, 0.1) is 11.6 Å². The Kier molecular flexibility index (Phi) is 5.22. The lowest BCUT2D eigenvalue weighted by Gasteiger charge is -2.15. The Bertz CT molecular complexity index is 486. The fourth-order valence-corrected chi connectivity index (χ4v) is 3.29. The molecule has 1 atom stereocenters. The van der Waals surface area contributed by atoms with E-state index >= 15 is 0 Å². The summed E-state index contributed by atoms with van der Waals surface area (Å²) in [6.07, 6.45) is 0.480. The first-order chi connectivity index (χ1) is 7.90. The zero-order chi connectivity index (χ0) is 13.1. The van der Waals surface area contributed by atoms with Crippen LogP contribution in [0, 0.1) is 0 Å². The number of aliphatic hydroxyl groups is 1. The fraction of sp³-hybridized carbons (Fsp3) is 0.400. The average molecular weight is 298 g/mol. The predicted molar refractivity (Wildman–Crippen MR) is 67.9 cm³/mol. The summed E-state index contributed by atoms with van der Waals surface area (Å²) in [5.41, 5.74) is 0. The van der Waals surface area contributed by atoms with E-state index in [4.69, 9.17) is 28.3 Å². The van der Waals surface area contributed by atoms with E-state index < -0.39 is 16.1 Å². The second-order valence-electron chi connectivity index (χ2n) is 3.48. The van der Waals surface area contributed by atoms with Gasteiger partial charge in [0.25, 0.3) is 0 Å². The Morgan fingerprint density at radius 3 is 2.59 bits per heavy atom. The van der Waals surface area contributed by atoms with Crippen LogP contribution < -0.4 is 4.72 Å². The van der Waals surface area contributed by atoms with Crippen LogP contribution in [0.5, 0.6) is 0 Å². The summed E-state index contributed by atoms with van der Waals surface area (Å²) < 4.78 is 26.3. The Balaban J connectivity index is 3.09. The molecule has 0 saturated heterocycles. The molecule has 0 spiro atoms. The molecular weight excluding hydrogens is 285 g/mol. The van der Waals surface area contributed by atoms with Crippen molar-refractivity contribution in [3.05, 3.63) is 28.2 Å². The lowest BCUT2D eigenvalue weighted by molar-refractivity contribution is 0.254. The summed E-state index contributed by atoms with van der Waals surface area (Å²) in [7, 11) is -3.76. The molecule has 0 fully saturated rings. The van der Waals surface area contributed by atoms with Gasteiger partial charge in [-0.15, -0.1) is 0 Å². The Labute approximate surface area is 111 Å². The third-order valence-corrected chi connectivity index (χ3v) is 4.45. The molecule has 96 valence electrons. The van der Waals surface area contributed by atoms with E-state index in [0.29, 0.717) is 6.42 Å². The Morgan fingerprint density at radius 2 is 2.06 bits per heavy atom. The molecule has 0 heterocycles. The summed E-state index contributed by atoms with van der Waals surface area (Å²) >= 11 is 11.5. The summed E-state index contributed by atoms with van der Waals surface area (Å²) in [6.45, 7) is 1.50. The minimum atomic E-state index is -3.76. The van der Waals surface area contributed by atoms with Crippen LogP contribution in [0.2, 0.25) is 10.0 Å². The van der Waals surface area contributed by atoms with Gasteiger partial charge in [0.1, 0.15) is 4.90 Å². The lowest BCUT2D eigenvalue weighted by atomic mass is 10.3. The number of aliphatic hydroxyl groups excluding tert-OH is 1. The smallest absolute Gasteiger partial charge is 0.242 e. The summed E-state index contributed by atoms with van der Waals surface area (Å²) in [5.74, 6) is 0. The molecule has 1 aromatic rings. The van der Waals surface area contributed by atoms with Crippen LogP contribution in [0.3, 0.4) is 0 Å². The molecule has 1 aromatic carbocycles. The van der Waals surface area contributed by atoms with E-state index in [1.54, 1.807) is 6.92 Å². The molecule has 0 aliphatic carbocycles. The van der Waals surface area contributed by atoms with Crippen molar-refractivity contribution in [3.8, 4) is 0 Å².